The number of benzene rings is 2. The molecule has 0 unspecified atom stereocenters. The van der Waals surface area contributed by atoms with Crippen LogP contribution in [-0.4, -0.2) is 22.3 Å². The number of rotatable bonds is 4. The van der Waals surface area contributed by atoms with Crippen molar-refractivity contribution in [1.82, 2.24) is 9.88 Å². The first-order valence-electron chi connectivity index (χ1n) is 8.89. The third-order valence-electron chi connectivity index (χ3n) is 4.74. The molecule has 4 nitrogen and oxygen atoms in total. The van der Waals surface area contributed by atoms with E-state index in [4.69, 9.17) is 0 Å². The van der Waals surface area contributed by atoms with Crippen LogP contribution in [0.25, 0.3) is 0 Å². The van der Waals surface area contributed by atoms with Crippen LogP contribution >= 0.6 is 0 Å². The van der Waals surface area contributed by atoms with Gasteiger partial charge in [-0.25, -0.2) is 0 Å². The third-order valence-corrected chi connectivity index (χ3v) is 4.74. The summed E-state index contributed by atoms with van der Waals surface area (Å²) in [7, 11) is 0. The predicted molar refractivity (Wildman–Crippen MR) is 103 cm³/mol. The zero-order chi connectivity index (χ0) is 17.8. The summed E-state index contributed by atoms with van der Waals surface area (Å²) < 4.78 is 0. The minimum Gasteiger partial charge on any atom is -0.381 e. The van der Waals surface area contributed by atoms with Gasteiger partial charge in [0.05, 0.1) is 0 Å². The van der Waals surface area contributed by atoms with Crippen molar-refractivity contribution in [2.24, 2.45) is 0 Å². The number of fused-ring (bicyclic) bond motifs is 1. The maximum Gasteiger partial charge on any atom is 0.272 e. The van der Waals surface area contributed by atoms with E-state index in [2.05, 4.69) is 40.6 Å². The highest BCUT2D eigenvalue weighted by Crippen LogP contribution is 2.20. The Bertz CT molecular complexity index is 908. The summed E-state index contributed by atoms with van der Waals surface area (Å²) in [5.41, 5.74) is 5.16. The molecule has 4 heteroatoms. The van der Waals surface area contributed by atoms with Gasteiger partial charge in [0, 0.05) is 31.5 Å². The van der Waals surface area contributed by atoms with Gasteiger partial charge in [-0.3, -0.25) is 9.78 Å². The van der Waals surface area contributed by atoms with Crippen molar-refractivity contribution in [2.45, 2.75) is 19.5 Å². The lowest BCUT2D eigenvalue weighted by molar-refractivity contribution is 0.0729. The van der Waals surface area contributed by atoms with E-state index in [9.17, 15) is 4.79 Å². The topological polar surface area (TPSA) is 45.2 Å². The molecule has 0 aliphatic carbocycles. The van der Waals surface area contributed by atoms with Crippen LogP contribution in [0.1, 0.15) is 27.2 Å². The van der Waals surface area contributed by atoms with Gasteiger partial charge in [0.2, 0.25) is 0 Å². The van der Waals surface area contributed by atoms with Crippen molar-refractivity contribution in [1.29, 1.82) is 0 Å². The lowest BCUT2D eigenvalue weighted by Gasteiger charge is -2.28. The number of amides is 1. The van der Waals surface area contributed by atoms with Gasteiger partial charge in [0.25, 0.3) is 5.91 Å². The van der Waals surface area contributed by atoms with E-state index < -0.39 is 0 Å². The molecule has 2 aromatic carbocycles. The number of hydrogen-bond donors (Lipinski definition) is 1. The number of pyridine rings is 1. The van der Waals surface area contributed by atoms with E-state index in [0.29, 0.717) is 12.2 Å². The Kier molecular flexibility index (Phi) is 4.65. The molecule has 1 aromatic heterocycles. The SMILES string of the molecule is O=C(c1cc(NCc2ccccc2)ccn1)N1CCc2ccccc2C1. The van der Waals surface area contributed by atoms with E-state index in [1.54, 1.807) is 6.20 Å². The number of nitrogens with one attached hydrogen (secondary N) is 1. The zero-order valence-electron chi connectivity index (χ0n) is 14.6. The van der Waals surface area contributed by atoms with Crippen molar-refractivity contribution in [3.8, 4) is 0 Å². The van der Waals surface area contributed by atoms with Crippen molar-refractivity contribution in [3.05, 3.63) is 95.3 Å². The van der Waals surface area contributed by atoms with Gasteiger partial charge >= 0.3 is 0 Å². The van der Waals surface area contributed by atoms with Crippen LogP contribution in [0.4, 0.5) is 5.69 Å². The highest BCUT2D eigenvalue weighted by Gasteiger charge is 2.22. The Hall–Kier alpha value is -3.14. The molecule has 0 saturated carbocycles. The van der Waals surface area contributed by atoms with Crippen LogP contribution in [0.15, 0.2) is 72.9 Å². The molecule has 1 N–H and O–H groups in total. The van der Waals surface area contributed by atoms with Crippen LogP contribution in [0.2, 0.25) is 0 Å². The molecule has 130 valence electrons. The second-order valence-corrected chi connectivity index (χ2v) is 6.51. The molecule has 0 saturated heterocycles. The van der Waals surface area contributed by atoms with Gasteiger partial charge in [-0.2, -0.15) is 0 Å². The lowest BCUT2D eigenvalue weighted by Crippen LogP contribution is -2.36. The highest BCUT2D eigenvalue weighted by molar-refractivity contribution is 5.93. The van der Waals surface area contributed by atoms with Crippen LogP contribution in [0, 0.1) is 0 Å². The molecular formula is C22H21N3O. The Morgan fingerprint density at radius 3 is 2.62 bits per heavy atom. The molecule has 0 fully saturated rings. The summed E-state index contributed by atoms with van der Waals surface area (Å²) in [5, 5.41) is 3.36. The first-order chi connectivity index (χ1) is 12.8. The van der Waals surface area contributed by atoms with E-state index in [-0.39, 0.29) is 5.91 Å². The van der Waals surface area contributed by atoms with E-state index in [1.165, 1.54) is 16.7 Å². The first kappa shape index (κ1) is 16.3. The highest BCUT2D eigenvalue weighted by atomic mass is 16.2. The fourth-order valence-electron chi connectivity index (χ4n) is 3.29. The standard InChI is InChI=1S/C22H21N3O/c26-22(25-13-11-18-8-4-5-9-19(18)16-25)21-14-20(10-12-23-21)24-15-17-6-2-1-3-7-17/h1-10,12,14H,11,13,15-16H2,(H,23,24). The summed E-state index contributed by atoms with van der Waals surface area (Å²) in [6, 6.07) is 22.2. The molecule has 0 radical (unpaired) electrons. The summed E-state index contributed by atoms with van der Waals surface area (Å²) in [4.78, 5) is 19.0. The number of hydrogen-bond acceptors (Lipinski definition) is 3. The first-order valence-corrected chi connectivity index (χ1v) is 8.89. The molecule has 3 aromatic rings. The van der Waals surface area contributed by atoms with Gasteiger partial charge in [-0.15, -0.1) is 0 Å². The Morgan fingerprint density at radius 2 is 1.77 bits per heavy atom. The molecule has 1 aliphatic rings. The minimum atomic E-state index is -0.0112. The molecule has 0 bridgehead atoms. The molecule has 26 heavy (non-hydrogen) atoms. The molecule has 0 atom stereocenters. The fraction of sp³-hybridized carbons (Fsp3) is 0.182. The van der Waals surface area contributed by atoms with Crippen LogP contribution in [0.3, 0.4) is 0 Å². The van der Waals surface area contributed by atoms with Crippen molar-refractivity contribution < 1.29 is 4.79 Å². The minimum absolute atomic E-state index is 0.0112. The smallest absolute Gasteiger partial charge is 0.272 e. The lowest BCUT2D eigenvalue weighted by atomic mass is 10.00. The predicted octanol–water partition coefficient (Wildman–Crippen LogP) is 3.89. The third kappa shape index (κ3) is 3.59. The molecule has 2 heterocycles. The second-order valence-electron chi connectivity index (χ2n) is 6.51. The number of carbonyl (C=O) groups is 1. The van der Waals surface area contributed by atoms with E-state index in [0.717, 1.165) is 25.2 Å². The molecular weight excluding hydrogens is 322 g/mol. The van der Waals surface area contributed by atoms with Crippen molar-refractivity contribution >= 4 is 11.6 Å². The second kappa shape index (κ2) is 7.40. The van der Waals surface area contributed by atoms with E-state index >= 15 is 0 Å². The molecule has 1 aliphatic heterocycles. The number of nitrogens with zero attached hydrogens (tertiary/aromatic N) is 2. The van der Waals surface area contributed by atoms with Crippen LogP contribution < -0.4 is 5.32 Å². The zero-order valence-corrected chi connectivity index (χ0v) is 14.6. The normalized spacial score (nSPS) is 13.2. The van der Waals surface area contributed by atoms with Crippen LogP contribution in [0.5, 0.6) is 0 Å². The fourth-order valence-corrected chi connectivity index (χ4v) is 3.29. The number of aromatic nitrogens is 1. The quantitative estimate of drug-likeness (QED) is 0.782. The van der Waals surface area contributed by atoms with Gasteiger partial charge in [-0.1, -0.05) is 54.6 Å². The average molecular weight is 343 g/mol. The van der Waals surface area contributed by atoms with Crippen molar-refractivity contribution in [3.63, 3.8) is 0 Å². The van der Waals surface area contributed by atoms with Crippen molar-refractivity contribution in [2.75, 3.05) is 11.9 Å². The maximum absolute atomic E-state index is 12.9. The van der Waals surface area contributed by atoms with E-state index in [1.807, 2.05) is 41.3 Å². The number of anilines is 1. The Labute approximate surface area is 153 Å². The van der Waals surface area contributed by atoms with Crippen LogP contribution in [-0.2, 0) is 19.5 Å². The van der Waals surface area contributed by atoms with Gasteiger partial charge in [0.1, 0.15) is 5.69 Å². The molecule has 0 spiro atoms. The van der Waals surface area contributed by atoms with Gasteiger partial charge in [0.15, 0.2) is 0 Å². The average Bonchev–Trinajstić information content (AvgIpc) is 2.72. The monoisotopic (exact) mass is 343 g/mol. The molecule has 1 amide bonds. The molecule has 4 rings (SSSR count). The largest absolute Gasteiger partial charge is 0.381 e. The Balaban J connectivity index is 1.45. The van der Waals surface area contributed by atoms with Gasteiger partial charge in [-0.05, 0) is 35.2 Å². The Morgan fingerprint density at radius 1 is 1.00 bits per heavy atom. The summed E-state index contributed by atoms with van der Waals surface area (Å²) in [6.07, 6.45) is 2.59. The van der Waals surface area contributed by atoms with Gasteiger partial charge < -0.3 is 10.2 Å². The summed E-state index contributed by atoms with van der Waals surface area (Å²) >= 11 is 0. The summed E-state index contributed by atoms with van der Waals surface area (Å²) in [6.45, 7) is 2.10. The maximum atomic E-state index is 12.9. The number of carbonyl (C=O) groups excluding carboxylic acids is 1. The summed E-state index contributed by atoms with van der Waals surface area (Å²) in [5.74, 6) is -0.0112.